The lowest BCUT2D eigenvalue weighted by Gasteiger charge is -2.10. The Morgan fingerprint density at radius 2 is 1.76 bits per heavy atom. The predicted octanol–water partition coefficient (Wildman–Crippen LogP) is 3.59. The van der Waals surface area contributed by atoms with Crippen molar-refractivity contribution in [1.29, 1.82) is 0 Å². The highest BCUT2D eigenvalue weighted by atomic mass is 35.5. The number of ether oxygens (including phenoxy) is 2. The van der Waals surface area contributed by atoms with Crippen LogP contribution in [0.15, 0.2) is 34.9 Å². The van der Waals surface area contributed by atoms with Gasteiger partial charge in [0.1, 0.15) is 11.5 Å². The van der Waals surface area contributed by atoms with Gasteiger partial charge in [-0.25, -0.2) is 0 Å². The van der Waals surface area contributed by atoms with Gasteiger partial charge < -0.3 is 24.6 Å². The highest BCUT2D eigenvalue weighted by Gasteiger charge is 2.18. The summed E-state index contributed by atoms with van der Waals surface area (Å²) in [6, 6.07) is 8.46. The Balaban J connectivity index is 1.45. The molecule has 0 unspecified atom stereocenters. The highest BCUT2D eigenvalue weighted by Crippen LogP contribution is 2.30. The van der Waals surface area contributed by atoms with Gasteiger partial charge in [-0.2, -0.15) is 4.98 Å². The van der Waals surface area contributed by atoms with E-state index in [1.165, 1.54) is 7.11 Å². The molecule has 11 heteroatoms. The molecule has 3 aromatic rings. The van der Waals surface area contributed by atoms with Crippen LogP contribution in [0, 0.1) is 13.8 Å². The highest BCUT2D eigenvalue weighted by molar-refractivity contribution is 6.32. The van der Waals surface area contributed by atoms with Crippen molar-refractivity contribution in [3.63, 3.8) is 0 Å². The average molecular weight is 493 g/mol. The predicted molar refractivity (Wildman–Crippen MR) is 123 cm³/mol. The molecule has 2 N–H and O–H groups in total. The van der Waals surface area contributed by atoms with Crippen LogP contribution < -0.4 is 20.1 Å². The Hall–Kier alpha value is -3.30. The number of nitrogens with zero attached hydrogens (tertiary/aromatic N) is 2. The van der Waals surface area contributed by atoms with Gasteiger partial charge in [0.05, 0.1) is 12.7 Å². The van der Waals surface area contributed by atoms with Crippen LogP contribution in [0.4, 0.5) is 0 Å². The molecule has 0 radical (unpaired) electrons. The van der Waals surface area contributed by atoms with Crippen molar-refractivity contribution in [2.24, 2.45) is 0 Å². The monoisotopic (exact) mass is 492 g/mol. The van der Waals surface area contributed by atoms with Gasteiger partial charge in [0.25, 0.3) is 5.91 Å². The van der Waals surface area contributed by atoms with E-state index in [9.17, 15) is 9.59 Å². The number of carbonyl (C=O) groups excluding carboxylic acids is 2. The summed E-state index contributed by atoms with van der Waals surface area (Å²) in [5.74, 6) is 0.0742. The molecule has 0 aliphatic carbocycles. The first-order chi connectivity index (χ1) is 15.8. The molecule has 33 heavy (non-hydrogen) atoms. The van der Waals surface area contributed by atoms with E-state index < -0.39 is 5.91 Å². The fourth-order valence-corrected chi connectivity index (χ4v) is 3.20. The van der Waals surface area contributed by atoms with E-state index in [-0.39, 0.29) is 37.3 Å². The van der Waals surface area contributed by atoms with Crippen molar-refractivity contribution in [2.75, 3.05) is 26.8 Å². The standard InChI is InChI=1S/C22H22Cl2N4O5/c1-12-8-15(9-13(2)19(12)24)32-11-18(29)25-6-7-26-21(30)22-27-20(28-33-22)16-10-14(23)4-5-17(16)31-3/h4-5,8-10H,6-7,11H2,1-3H3,(H,25,29)(H,26,30). The molecule has 0 aliphatic heterocycles. The summed E-state index contributed by atoms with van der Waals surface area (Å²) in [6.45, 7) is 3.91. The molecular formula is C22H22Cl2N4O5. The van der Waals surface area contributed by atoms with Gasteiger partial charge in [-0.05, 0) is 55.3 Å². The quantitative estimate of drug-likeness (QED) is 0.438. The minimum absolute atomic E-state index is 0.155. The smallest absolute Gasteiger partial charge is 0.316 e. The number of methoxy groups -OCH3 is 1. The van der Waals surface area contributed by atoms with E-state index in [4.69, 9.17) is 37.2 Å². The third-order valence-corrected chi connectivity index (χ3v) is 5.37. The first-order valence-electron chi connectivity index (χ1n) is 9.90. The van der Waals surface area contributed by atoms with Crippen molar-refractivity contribution in [1.82, 2.24) is 20.8 Å². The van der Waals surface area contributed by atoms with E-state index in [1.54, 1.807) is 30.3 Å². The van der Waals surface area contributed by atoms with E-state index >= 15 is 0 Å². The number of nitrogens with one attached hydrogen (secondary N) is 2. The van der Waals surface area contributed by atoms with Crippen LogP contribution in [0.3, 0.4) is 0 Å². The van der Waals surface area contributed by atoms with Crippen molar-refractivity contribution in [3.05, 3.63) is 57.4 Å². The van der Waals surface area contributed by atoms with Crippen LogP contribution in [-0.2, 0) is 4.79 Å². The molecule has 0 aliphatic rings. The Labute approximate surface area is 200 Å². The number of hydrogen-bond donors (Lipinski definition) is 2. The number of amides is 2. The van der Waals surface area contributed by atoms with E-state index in [0.29, 0.717) is 27.1 Å². The topological polar surface area (TPSA) is 116 Å². The molecule has 0 saturated carbocycles. The molecular weight excluding hydrogens is 471 g/mol. The molecule has 1 aromatic heterocycles. The average Bonchev–Trinajstić information content (AvgIpc) is 3.29. The summed E-state index contributed by atoms with van der Waals surface area (Å²) in [5.41, 5.74) is 2.23. The Bertz CT molecular complexity index is 1140. The Kier molecular flexibility index (Phi) is 8.13. The zero-order valence-corrected chi connectivity index (χ0v) is 19.7. The third kappa shape index (κ3) is 6.36. The molecule has 2 aromatic carbocycles. The van der Waals surface area contributed by atoms with Crippen molar-refractivity contribution in [3.8, 4) is 22.9 Å². The molecule has 174 valence electrons. The fraction of sp³-hybridized carbons (Fsp3) is 0.273. The van der Waals surface area contributed by atoms with Crippen LogP contribution >= 0.6 is 23.2 Å². The second kappa shape index (κ2) is 11.0. The number of benzene rings is 2. The molecule has 0 atom stereocenters. The lowest BCUT2D eigenvalue weighted by atomic mass is 10.1. The summed E-state index contributed by atoms with van der Waals surface area (Å²) >= 11 is 12.1. The van der Waals surface area contributed by atoms with Gasteiger partial charge in [0.15, 0.2) is 6.61 Å². The number of halogens is 2. The Morgan fingerprint density at radius 3 is 2.45 bits per heavy atom. The largest absolute Gasteiger partial charge is 0.496 e. The maximum atomic E-state index is 12.2. The maximum Gasteiger partial charge on any atom is 0.316 e. The second-order valence-corrected chi connectivity index (χ2v) is 7.85. The van der Waals surface area contributed by atoms with Gasteiger partial charge in [0.2, 0.25) is 5.82 Å². The van der Waals surface area contributed by atoms with Gasteiger partial charge in [-0.15, -0.1) is 0 Å². The minimum Gasteiger partial charge on any atom is -0.496 e. The molecule has 0 fully saturated rings. The van der Waals surface area contributed by atoms with Crippen LogP contribution in [0.1, 0.15) is 21.8 Å². The summed E-state index contributed by atoms with van der Waals surface area (Å²) < 4.78 is 15.8. The SMILES string of the molecule is COc1ccc(Cl)cc1-c1noc(C(=O)NCCNC(=O)COc2cc(C)c(Cl)c(C)c2)n1. The number of carbonyl (C=O) groups is 2. The summed E-state index contributed by atoms with van der Waals surface area (Å²) in [6.07, 6.45) is 0. The zero-order chi connectivity index (χ0) is 24.0. The number of hydrogen-bond acceptors (Lipinski definition) is 7. The summed E-state index contributed by atoms with van der Waals surface area (Å²) in [7, 11) is 1.50. The number of rotatable bonds is 9. The van der Waals surface area contributed by atoms with Gasteiger partial charge in [0, 0.05) is 23.1 Å². The molecule has 0 saturated heterocycles. The van der Waals surface area contributed by atoms with Gasteiger partial charge in [-0.1, -0.05) is 28.4 Å². The van der Waals surface area contributed by atoms with Crippen LogP contribution in [0.5, 0.6) is 11.5 Å². The van der Waals surface area contributed by atoms with Crippen LogP contribution in [-0.4, -0.2) is 48.8 Å². The third-order valence-electron chi connectivity index (χ3n) is 4.54. The molecule has 0 spiro atoms. The summed E-state index contributed by atoms with van der Waals surface area (Å²) in [4.78, 5) is 28.3. The molecule has 0 bridgehead atoms. The Morgan fingerprint density at radius 1 is 1.06 bits per heavy atom. The van der Waals surface area contributed by atoms with Crippen molar-refractivity contribution < 1.29 is 23.6 Å². The zero-order valence-electron chi connectivity index (χ0n) is 18.2. The van der Waals surface area contributed by atoms with Gasteiger partial charge >= 0.3 is 11.8 Å². The summed E-state index contributed by atoms with van der Waals surface area (Å²) in [5, 5.41) is 10.2. The number of aromatic nitrogens is 2. The normalized spacial score (nSPS) is 10.6. The van der Waals surface area contributed by atoms with Crippen molar-refractivity contribution in [2.45, 2.75) is 13.8 Å². The number of aryl methyl sites for hydroxylation is 2. The lowest BCUT2D eigenvalue weighted by molar-refractivity contribution is -0.123. The first-order valence-corrected chi connectivity index (χ1v) is 10.7. The molecule has 1 heterocycles. The van der Waals surface area contributed by atoms with E-state index in [1.807, 2.05) is 13.8 Å². The van der Waals surface area contributed by atoms with Gasteiger partial charge in [-0.3, -0.25) is 9.59 Å². The first kappa shape index (κ1) is 24.3. The van der Waals surface area contributed by atoms with Crippen molar-refractivity contribution >= 4 is 35.0 Å². The van der Waals surface area contributed by atoms with E-state index in [0.717, 1.165) is 11.1 Å². The molecule has 9 nitrogen and oxygen atoms in total. The minimum atomic E-state index is -0.577. The van der Waals surface area contributed by atoms with E-state index in [2.05, 4.69) is 20.8 Å². The van der Waals surface area contributed by atoms with Crippen LogP contribution in [0.2, 0.25) is 10.0 Å². The second-order valence-electron chi connectivity index (χ2n) is 7.03. The maximum absolute atomic E-state index is 12.2. The molecule has 2 amide bonds. The fourth-order valence-electron chi connectivity index (χ4n) is 2.92. The molecule has 3 rings (SSSR count). The van der Waals surface area contributed by atoms with Crippen LogP contribution in [0.25, 0.3) is 11.4 Å². The lowest BCUT2D eigenvalue weighted by Crippen LogP contribution is -2.36.